The molecule has 0 aromatic heterocycles. The number of hydrogen-bond acceptors (Lipinski definition) is 2. The van der Waals surface area contributed by atoms with Gasteiger partial charge < -0.3 is 4.18 Å². The maximum absolute atomic E-state index is 5.49. The molecular formula is C16H26OS. The highest BCUT2D eigenvalue weighted by Gasteiger charge is 2.16. The summed E-state index contributed by atoms with van der Waals surface area (Å²) in [5.74, 6) is 0. The summed E-state index contributed by atoms with van der Waals surface area (Å²) < 4.78 is 5.49. The van der Waals surface area contributed by atoms with Crippen molar-refractivity contribution in [2.24, 2.45) is 5.41 Å². The van der Waals surface area contributed by atoms with Gasteiger partial charge in [-0.25, -0.2) is 0 Å². The summed E-state index contributed by atoms with van der Waals surface area (Å²) in [4.78, 5) is 1.28. The first-order chi connectivity index (χ1) is 8.50. The lowest BCUT2D eigenvalue weighted by Gasteiger charge is -2.23. The van der Waals surface area contributed by atoms with Gasteiger partial charge >= 0.3 is 0 Å². The highest BCUT2D eigenvalue weighted by molar-refractivity contribution is 7.94. The van der Waals surface area contributed by atoms with E-state index in [9.17, 15) is 0 Å². The van der Waals surface area contributed by atoms with Crippen LogP contribution in [0, 0.1) is 12.3 Å². The van der Waals surface area contributed by atoms with E-state index in [-0.39, 0.29) is 0 Å². The van der Waals surface area contributed by atoms with Crippen LogP contribution in [0.25, 0.3) is 0 Å². The highest BCUT2D eigenvalue weighted by atomic mass is 32.2. The number of rotatable bonds is 7. The molecule has 0 unspecified atom stereocenters. The van der Waals surface area contributed by atoms with Crippen LogP contribution in [-0.4, -0.2) is 6.61 Å². The van der Waals surface area contributed by atoms with Crippen LogP contribution in [0.1, 0.15) is 51.7 Å². The van der Waals surface area contributed by atoms with Gasteiger partial charge in [0.2, 0.25) is 0 Å². The standard InChI is InChI=1S/C16H26OS/c1-6-16(4,5)12-11-14-13(3)9-8-10-15(14)18-17-7-2/h8-10H,6-7,11-12H2,1-5H3. The minimum absolute atomic E-state index is 0.426. The van der Waals surface area contributed by atoms with Gasteiger partial charge in [0.15, 0.2) is 0 Å². The van der Waals surface area contributed by atoms with Crippen molar-refractivity contribution in [1.82, 2.24) is 0 Å². The predicted molar refractivity (Wildman–Crippen MR) is 81.1 cm³/mol. The fourth-order valence-electron chi connectivity index (χ4n) is 1.84. The smallest absolute Gasteiger partial charge is 0.0590 e. The third kappa shape index (κ3) is 4.66. The van der Waals surface area contributed by atoms with E-state index in [0.717, 1.165) is 13.0 Å². The third-order valence-electron chi connectivity index (χ3n) is 3.64. The van der Waals surface area contributed by atoms with Gasteiger partial charge in [0, 0.05) is 16.9 Å². The van der Waals surface area contributed by atoms with Gasteiger partial charge in [0.05, 0.1) is 6.61 Å². The SMILES string of the molecule is CCOSc1cccc(C)c1CCC(C)(C)CC. The summed E-state index contributed by atoms with van der Waals surface area (Å²) in [6.07, 6.45) is 3.60. The van der Waals surface area contributed by atoms with Crippen molar-refractivity contribution in [2.75, 3.05) is 6.61 Å². The first-order valence-electron chi connectivity index (χ1n) is 6.88. The molecule has 0 atom stereocenters. The Kier molecular flexibility index (Phi) is 6.24. The molecule has 0 saturated heterocycles. The predicted octanol–water partition coefficient (Wildman–Crippen LogP) is 5.41. The van der Waals surface area contributed by atoms with E-state index < -0.39 is 0 Å². The monoisotopic (exact) mass is 266 g/mol. The molecule has 1 aromatic carbocycles. The second-order valence-corrected chi connectivity index (χ2v) is 6.40. The molecule has 102 valence electrons. The van der Waals surface area contributed by atoms with Crippen LogP contribution >= 0.6 is 12.0 Å². The van der Waals surface area contributed by atoms with Crippen molar-refractivity contribution in [3.8, 4) is 0 Å². The Morgan fingerprint density at radius 1 is 1.22 bits per heavy atom. The molecule has 0 amide bonds. The Morgan fingerprint density at radius 2 is 1.94 bits per heavy atom. The van der Waals surface area contributed by atoms with Crippen molar-refractivity contribution in [2.45, 2.75) is 58.8 Å². The molecule has 0 fully saturated rings. The summed E-state index contributed by atoms with van der Waals surface area (Å²) >= 11 is 1.52. The van der Waals surface area contributed by atoms with Gasteiger partial charge in [-0.3, -0.25) is 0 Å². The van der Waals surface area contributed by atoms with Crippen molar-refractivity contribution >= 4 is 12.0 Å². The van der Waals surface area contributed by atoms with Crippen LogP contribution in [0.3, 0.4) is 0 Å². The second kappa shape index (κ2) is 7.20. The molecule has 0 saturated carbocycles. The lowest BCUT2D eigenvalue weighted by Crippen LogP contribution is -2.11. The molecular weight excluding hydrogens is 240 g/mol. The molecule has 0 spiro atoms. The van der Waals surface area contributed by atoms with E-state index >= 15 is 0 Å². The van der Waals surface area contributed by atoms with E-state index in [1.165, 1.54) is 40.9 Å². The zero-order valence-electron chi connectivity index (χ0n) is 12.4. The van der Waals surface area contributed by atoms with Gasteiger partial charge in [-0.1, -0.05) is 39.3 Å². The van der Waals surface area contributed by atoms with Crippen LogP contribution in [0.15, 0.2) is 23.1 Å². The fourth-order valence-corrected chi connectivity index (χ4v) is 2.58. The van der Waals surface area contributed by atoms with Crippen LogP contribution in [0.4, 0.5) is 0 Å². The van der Waals surface area contributed by atoms with Crippen LogP contribution in [-0.2, 0) is 10.6 Å². The maximum Gasteiger partial charge on any atom is 0.0590 e. The van der Waals surface area contributed by atoms with Crippen molar-refractivity contribution in [1.29, 1.82) is 0 Å². The quantitative estimate of drug-likeness (QED) is 0.610. The average Bonchev–Trinajstić information content (AvgIpc) is 2.35. The maximum atomic E-state index is 5.49. The fraction of sp³-hybridized carbons (Fsp3) is 0.625. The second-order valence-electron chi connectivity index (χ2n) is 5.56. The molecule has 1 aromatic rings. The number of aryl methyl sites for hydroxylation is 1. The molecule has 18 heavy (non-hydrogen) atoms. The average molecular weight is 266 g/mol. The summed E-state index contributed by atoms with van der Waals surface area (Å²) in [7, 11) is 0. The van der Waals surface area contributed by atoms with Gasteiger partial charge in [-0.2, -0.15) is 0 Å². The lowest BCUT2D eigenvalue weighted by molar-refractivity contribution is 0.321. The van der Waals surface area contributed by atoms with Gasteiger partial charge in [-0.15, -0.1) is 0 Å². The molecule has 0 heterocycles. The van der Waals surface area contributed by atoms with E-state index in [1.54, 1.807) is 0 Å². The summed E-state index contributed by atoms with van der Waals surface area (Å²) in [5, 5.41) is 0. The minimum atomic E-state index is 0.426. The summed E-state index contributed by atoms with van der Waals surface area (Å²) in [6.45, 7) is 11.9. The first-order valence-corrected chi connectivity index (χ1v) is 7.62. The lowest BCUT2D eigenvalue weighted by atomic mass is 9.83. The highest BCUT2D eigenvalue weighted by Crippen LogP contribution is 2.32. The van der Waals surface area contributed by atoms with E-state index in [4.69, 9.17) is 4.18 Å². The van der Waals surface area contributed by atoms with E-state index in [1.807, 2.05) is 6.92 Å². The molecule has 0 aliphatic rings. The third-order valence-corrected chi connectivity index (χ3v) is 4.56. The van der Waals surface area contributed by atoms with Gasteiger partial charge in [-0.05, 0) is 49.3 Å². The molecule has 0 N–H and O–H groups in total. The Labute approximate surface area is 117 Å². The molecule has 1 rings (SSSR count). The topological polar surface area (TPSA) is 9.23 Å². The van der Waals surface area contributed by atoms with Crippen molar-refractivity contribution in [3.63, 3.8) is 0 Å². The Balaban J connectivity index is 2.79. The van der Waals surface area contributed by atoms with E-state index in [0.29, 0.717) is 5.41 Å². The number of benzene rings is 1. The molecule has 0 aliphatic heterocycles. The molecule has 0 radical (unpaired) electrons. The first kappa shape index (κ1) is 15.6. The minimum Gasteiger partial charge on any atom is -0.311 e. The van der Waals surface area contributed by atoms with Gasteiger partial charge in [0.1, 0.15) is 0 Å². The molecule has 0 bridgehead atoms. The number of hydrogen-bond donors (Lipinski definition) is 0. The molecule has 1 nitrogen and oxygen atoms in total. The molecule has 0 aliphatic carbocycles. The zero-order valence-corrected chi connectivity index (χ0v) is 13.2. The van der Waals surface area contributed by atoms with Crippen LogP contribution < -0.4 is 0 Å². The molecule has 2 heteroatoms. The Hall–Kier alpha value is -0.470. The Morgan fingerprint density at radius 3 is 2.56 bits per heavy atom. The Bertz CT molecular complexity index is 371. The zero-order chi connectivity index (χ0) is 13.6. The van der Waals surface area contributed by atoms with Gasteiger partial charge in [0.25, 0.3) is 0 Å². The normalized spacial score (nSPS) is 11.8. The van der Waals surface area contributed by atoms with Crippen LogP contribution in [0.2, 0.25) is 0 Å². The van der Waals surface area contributed by atoms with Crippen LogP contribution in [0.5, 0.6) is 0 Å². The van der Waals surface area contributed by atoms with Crippen molar-refractivity contribution in [3.05, 3.63) is 29.3 Å². The van der Waals surface area contributed by atoms with E-state index in [2.05, 4.69) is 45.9 Å². The summed E-state index contributed by atoms with van der Waals surface area (Å²) in [6, 6.07) is 6.48. The summed E-state index contributed by atoms with van der Waals surface area (Å²) in [5.41, 5.74) is 3.26. The van der Waals surface area contributed by atoms with Crippen molar-refractivity contribution < 1.29 is 4.18 Å². The largest absolute Gasteiger partial charge is 0.311 e.